The van der Waals surface area contributed by atoms with Crippen LogP contribution in [0, 0.1) is 6.92 Å². The van der Waals surface area contributed by atoms with Gasteiger partial charge in [0, 0.05) is 27.1 Å². The Morgan fingerprint density at radius 2 is 1.49 bits per heavy atom. The van der Waals surface area contributed by atoms with Gasteiger partial charge in [0.05, 0.1) is 11.4 Å². The van der Waals surface area contributed by atoms with Gasteiger partial charge in [-0.15, -0.1) is 23.1 Å². The minimum atomic E-state index is -0.456. The van der Waals surface area contributed by atoms with Crippen LogP contribution in [0.15, 0.2) is 125 Å². The van der Waals surface area contributed by atoms with Gasteiger partial charge in [0.15, 0.2) is 5.13 Å². The van der Waals surface area contributed by atoms with Gasteiger partial charge in [0.25, 0.3) is 11.8 Å². The number of carbonyl (C=O) groups is 3. The van der Waals surface area contributed by atoms with Crippen LogP contribution < -0.4 is 16.0 Å². The average Bonchev–Trinajstić information content (AvgIpc) is 3.50. The number of aromatic nitrogens is 1. The summed E-state index contributed by atoms with van der Waals surface area (Å²) in [5, 5.41) is 10.9. The first-order valence-electron chi connectivity index (χ1n) is 13.4. The van der Waals surface area contributed by atoms with Gasteiger partial charge < -0.3 is 16.0 Å². The molecule has 0 fully saturated rings. The van der Waals surface area contributed by atoms with E-state index in [1.165, 1.54) is 23.1 Å². The van der Waals surface area contributed by atoms with E-state index in [0.29, 0.717) is 16.4 Å². The van der Waals surface area contributed by atoms with E-state index in [4.69, 9.17) is 0 Å². The SMILES string of the molecule is Cc1ccc(/C=C(\NC(=O)c2ccccc2)C(=O)Nc2ccc(SCC(=O)Nc3nc(-c4ccccc4)cs3)cc2)cc1. The highest BCUT2D eigenvalue weighted by molar-refractivity contribution is 8.00. The van der Waals surface area contributed by atoms with Crippen LogP contribution >= 0.6 is 23.1 Å². The number of rotatable bonds is 10. The molecule has 0 spiro atoms. The lowest BCUT2D eigenvalue weighted by molar-refractivity contribution is -0.114. The molecule has 3 N–H and O–H groups in total. The quantitative estimate of drug-likeness (QED) is 0.115. The van der Waals surface area contributed by atoms with E-state index < -0.39 is 5.91 Å². The maximum atomic E-state index is 13.3. The Labute approximate surface area is 258 Å². The van der Waals surface area contributed by atoms with Crippen molar-refractivity contribution in [3.8, 4) is 11.3 Å². The number of thioether (sulfide) groups is 1. The second-order valence-corrected chi connectivity index (χ2v) is 11.4. The molecule has 1 heterocycles. The van der Waals surface area contributed by atoms with E-state index in [2.05, 4.69) is 20.9 Å². The Morgan fingerprint density at radius 1 is 0.814 bits per heavy atom. The molecule has 0 atom stereocenters. The third kappa shape index (κ3) is 8.51. The van der Waals surface area contributed by atoms with Crippen LogP contribution in [-0.2, 0) is 9.59 Å². The number of hydrogen-bond donors (Lipinski definition) is 3. The monoisotopic (exact) mass is 604 g/mol. The highest BCUT2D eigenvalue weighted by atomic mass is 32.2. The molecule has 0 radical (unpaired) electrons. The zero-order valence-corrected chi connectivity index (χ0v) is 24.9. The molecule has 0 aliphatic rings. The third-order valence-corrected chi connectivity index (χ3v) is 7.99. The summed E-state index contributed by atoms with van der Waals surface area (Å²) in [6.45, 7) is 1.98. The minimum absolute atomic E-state index is 0.116. The summed E-state index contributed by atoms with van der Waals surface area (Å²) in [5.41, 5.74) is 4.81. The summed E-state index contributed by atoms with van der Waals surface area (Å²) >= 11 is 2.76. The molecule has 0 saturated carbocycles. The second kappa shape index (κ2) is 14.3. The maximum Gasteiger partial charge on any atom is 0.272 e. The predicted molar refractivity (Wildman–Crippen MR) is 175 cm³/mol. The summed E-state index contributed by atoms with van der Waals surface area (Å²) in [7, 11) is 0. The van der Waals surface area contributed by atoms with E-state index in [0.717, 1.165) is 27.3 Å². The van der Waals surface area contributed by atoms with Crippen LogP contribution in [0.3, 0.4) is 0 Å². The molecule has 3 amide bonds. The van der Waals surface area contributed by atoms with Crippen LogP contribution in [0.25, 0.3) is 17.3 Å². The standard InChI is InChI=1S/C34H28N4O3S2/c1-23-12-14-24(15-13-23)20-29(36-32(40)26-10-6-3-7-11-26)33(41)35-27-16-18-28(19-17-27)42-22-31(39)38-34-37-30(21-43-34)25-8-4-2-5-9-25/h2-21H,22H2,1H3,(H,35,41)(H,36,40)(H,37,38,39)/b29-20-. The lowest BCUT2D eigenvalue weighted by atomic mass is 10.1. The first-order valence-corrected chi connectivity index (χ1v) is 15.3. The number of amides is 3. The fraction of sp³-hybridized carbons (Fsp3) is 0.0588. The summed E-state index contributed by atoms with van der Waals surface area (Å²) in [5.74, 6) is -0.784. The van der Waals surface area contributed by atoms with Crippen LogP contribution in [0.5, 0.6) is 0 Å². The van der Waals surface area contributed by atoms with Crippen molar-refractivity contribution in [3.63, 3.8) is 0 Å². The minimum Gasteiger partial charge on any atom is -0.321 e. The van der Waals surface area contributed by atoms with E-state index >= 15 is 0 Å². The van der Waals surface area contributed by atoms with Crippen molar-refractivity contribution in [1.29, 1.82) is 0 Å². The zero-order chi connectivity index (χ0) is 30.0. The van der Waals surface area contributed by atoms with E-state index in [9.17, 15) is 14.4 Å². The molecular weight excluding hydrogens is 577 g/mol. The lowest BCUT2D eigenvalue weighted by Gasteiger charge is -2.12. The lowest BCUT2D eigenvalue weighted by Crippen LogP contribution is -2.30. The largest absolute Gasteiger partial charge is 0.321 e. The number of benzene rings is 4. The van der Waals surface area contributed by atoms with Gasteiger partial charge >= 0.3 is 0 Å². The van der Waals surface area contributed by atoms with Crippen molar-refractivity contribution >= 4 is 57.7 Å². The van der Waals surface area contributed by atoms with Gasteiger partial charge in [-0.2, -0.15) is 0 Å². The molecule has 0 unspecified atom stereocenters. The van der Waals surface area contributed by atoms with E-state index in [1.54, 1.807) is 42.5 Å². The smallest absolute Gasteiger partial charge is 0.272 e. The van der Waals surface area contributed by atoms with Gasteiger partial charge in [-0.1, -0.05) is 78.4 Å². The molecular formula is C34H28N4O3S2. The molecule has 5 aromatic rings. The second-order valence-electron chi connectivity index (χ2n) is 9.51. The molecule has 1 aromatic heterocycles. The van der Waals surface area contributed by atoms with Gasteiger partial charge in [-0.25, -0.2) is 4.98 Å². The highest BCUT2D eigenvalue weighted by Gasteiger charge is 2.15. The number of carbonyl (C=O) groups excluding carboxylic acids is 3. The van der Waals surface area contributed by atoms with E-state index in [1.807, 2.05) is 85.1 Å². The van der Waals surface area contributed by atoms with Gasteiger partial charge in [0.1, 0.15) is 5.70 Å². The van der Waals surface area contributed by atoms with Crippen molar-refractivity contribution in [2.45, 2.75) is 11.8 Å². The Morgan fingerprint density at radius 3 is 2.19 bits per heavy atom. The molecule has 4 aromatic carbocycles. The Bertz CT molecular complexity index is 1730. The van der Waals surface area contributed by atoms with Crippen LogP contribution in [-0.4, -0.2) is 28.5 Å². The molecule has 7 nitrogen and oxygen atoms in total. The van der Waals surface area contributed by atoms with Gasteiger partial charge in [-0.3, -0.25) is 14.4 Å². The van der Waals surface area contributed by atoms with Crippen LogP contribution in [0.2, 0.25) is 0 Å². The molecule has 0 aliphatic heterocycles. The molecule has 5 rings (SSSR count). The van der Waals surface area contributed by atoms with Gasteiger partial charge in [-0.05, 0) is 55.0 Å². The van der Waals surface area contributed by atoms with Gasteiger partial charge in [0.2, 0.25) is 5.91 Å². The Kier molecular flexibility index (Phi) is 9.78. The molecule has 214 valence electrons. The van der Waals surface area contributed by atoms with E-state index in [-0.39, 0.29) is 23.3 Å². The third-order valence-electron chi connectivity index (χ3n) is 6.22. The highest BCUT2D eigenvalue weighted by Crippen LogP contribution is 2.26. The zero-order valence-electron chi connectivity index (χ0n) is 23.2. The van der Waals surface area contributed by atoms with Crippen molar-refractivity contribution in [3.05, 3.63) is 137 Å². The normalized spacial score (nSPS) is 11.0. The number of thiazole rings is 1. The Hall–Kier alpha value is -4.99. The first-order chi connectivity index (χ1) is 20.9. The number of nitrogens with zero attached hydrogens (tertiary/aromatic N) is 1. The van der Waals surface area contributed by atoms with Crippen molar-refractivity contribution in [2.75, 3.05) is 16.4 Å². The first kappa shape index (κ1) is 29.5. The van der Waals surface area contributed by atoms with Crippen molar-refractivity contribution in [1.82, 2.24) is 10.3 Å². The summed E-state index contributed by atoms with van der Waals surface area (Å²) < 4.78 is 0. The number of nitrogens with one attached hydrogen (secondary N) is 3. The van der Waals surface area contributed by atoms with Crippen LogP contribution in [0.4, 0.5) is 10.8 Å². The topological polar surface area (TPSA) is 100 Å². The molecule has 0 bridgehead atoms. The Balaban J connectivity index is 1.18. The fourth-order valence-electron chi connectivity index (χ4n) is 3.98. The molecule has 43 heavy (non-hydrogen) atoms. The average molecular weight is 605 g/mol. The molecule has 0 aliphatic carbocycles. The summed E-state index contributed by atoms with van der Waals surface area (Å²) in [6.07, 6.45) is 1.64. The number of hydrogen-bond acceptors (Lipinski definition) is 6. The summed E-state index contributed by atoms with van der Waals surface area (Å²) in [6, 6.07) is 33.4. The van der Waals surface area contributed by atoms with Crippen molar-refractivity contribution in [2.24, 2.45) is 0 Å². The van der Waals surface area contributed by atoms with Crippen molar-refractivity contribution < 1.29 is 14.4 Å². The number of aryl methyl sites for hydroxylation is 1. The maximum absolute atomic E-state index is 13.3. The summed E-state index contributed by atoms with van der Waals surface area (Å²) in [4.78, 5) is 44.0. The fourth-order valence-corrected chi connectivity index (χ4v) is 5.42. The number of anilines is 2. The predicted octanol–water partition coefficient (Wildman–Crippen LogP) is 7.26. The molecule has 0 saturated heterocycles. The molecule has 9 heteroatoms. The van der Waals surface area contributed by atoms with Crippen LogP contribution in [0.1, 0.15) is 21.5 Å².